The van der Waals surface area contributed by atoms with E-state index >= 15 is 0 Å². The number of amides is 2. The Labute approximate surface area is 146 Å². The van der Waals surface area contributed by atoms with E-state index < -0.39 is 0 Å². The standard InChI is InChI=1S/C20H21N3O2/c1-12-5-4-7-14-10-17(23-19(12)14)20(25)21-15-9-13-6-2-3-8-16(13)22-18(24)11-15/h2-8,15,17,23H,9-11H2,1H3,(H,21,25)(H,22,24). The van der Waals surface area contributed by atoms with Gasteiger partial charge < -0.3 is 16.0 Å². The highest BCUT2D eigenvalue weighted by atomic mass is 16.2. The Morgan fingerprint density at radius 1 is 1.04 bits per heavy atom. The summed E-state index contributed by atoms with van der Waals surface area (Å²) in [7, 11) is 0. The quantitative estimate of drug-likeness (QED) is 0.789. The molecule has 0 spiro atoms. The van der Waals surface area contributed by atoms with E-state index in [1.54, 1.807) is 0 Å². The van der Waals surface area contributed by atoms with Crippen LogP contribution in [0.25, 0.3) is 0 Å². The van der Waals surface area contributed by atoms with Crippen molar-refractivity contribution in [2.24, 2.45) is 0 Å². The van der Waals surface area contributed by atoms with Gasteiger partial charge in [0.2, 0.25) is 11.8 Å². The molecule has 0 radical (unpaired) electrons. The van der Waals surface area contributed by atoms with E-state index in [-0.39, 0.29) is 23.9 Å². The largest absolute Gasteiger partial charge is 0.373 e. The van der Waals surface area contributed by atoms with Gasteiger partial charge in [0.05, 0.1) is 0 Å². The number of carbonyl (C=O) groups excluding carboxylic acids is 2. The summed E-state index contributed by atoms with van der Waals surface area (Å²) in [5.74, 6) is -0.110. The summed E-state index contributed by atoms with van der Waals surface area (Å²) in [4.78, 5) is 24.8. The molecule has 5 heteroatoms. The van der Waals surface area contributed by atoms with E-state index in [1.807, 2.05) is 43.3 Å². The van der Waals surface area contributed by atoms with Gasteiger partial charge in [0.25, 0.3) is 0 Å². The van der Waals surface area contributed by atoms with Crippen molar-refractivity contribution in [2.75, 3.05) is 10.6 Å². The number of anilines is 2. The maximum absolute atomic E-state index is 12.7. The highest BCUT2D eigenvalue weighted by Gasteiger charge is 2.30. The molecule has 5 nitrogen and oxygen atoms in total. The first-order chi connectivity index (χ1) is 12.1. The molecule has 0 saturated carbocycles. The van der Waals surface area contributed by atoms with Crippen molar-refractivity contribution >= 4 is 23.2 Å². The van der Waals surface area contributed by atoms with Gasteiger partial charge in [0, 0.05) is 30.3 Å². The van der Waals surface area contributed by atoms with Crippen molar-refractivity contribution < 1.29 is 9.59 Å². The number of fused-ring (bicyclic) bond motifs is 2. The molecule has 128 valence electrons. The Hall–Kier alpha value is -2.82. The second-order valence-electron chi connectivity index (χ2n) is 6.83. The number of para-hydroxylation sites is 2. The lowest BCUT2D eigenvalue weighted by molar-refractivity contribution is -0.122. The molecule has 25 heavy (non-hydrogen) atoms. The summed E-state index contributed by atoms with van der Waals surface area (Å²) in [6.07, 6.45) is 1.62. The van der Waals surface area contributed by atoms with Gasteiger partial charge in [-0.3, -0.25) is 9.59 Å². The van der Waals surface area contributed by atoms with Crippen LogP contribution in [0, 0.1) is 6.92 Å². The lowest BCUT2D eigenvalue weighted by Gasteiger charge is -2.19. The maximum Gasteiger partial charge on any atom is 0.243 e. The number of hydrogen-bond acceptors (Lipinski definition) is 3. The zero-order valence-electron chi connectivity index (χ0n) is 14.1. The van der Waals surface area contributed by atoms with Crippen molar-refractivity contribution in [2.45, 2.75) is 38.3 Å². The molecule has 2 amide bonds. The highest BCUT2D eigenvalue weighted by molar-refractivity contribution is 5.94. The maximum atomic E-state index is 12.7. The predicted molar refractivity (Wildman–Crippen MR) is 97.6 cm³/mol. The fourth-order valence-corrected chi connectivity index (χ4v) is 3.70. The van der Waals surface area contributed by atoms with Gasteiger partial charge in [-0.1, -0.05) is 36.4 Å². The molecule has 2 aliphatic heterocycles. The Bertz CT molecular complexity index is 847. The summed E-state index contributed by atoms with van der Waals surface area (Å²) in [5, 5.41) is 9.30. The van der Waals surface area contributed by atoms with E-state index in [1.165, 1.54) is 5.56 Å². The Balaban J connectivity index is 1.47. The molecule has 0 fully saturated rings. The summed E-state index contributed by atoms with van der Waals surface area (Å²) in [5.41, 5.74) is 5.27. The molecule has 4 rings (SSSR count). The first kappa shape index (κ1) is 15.7. The minimum atomic E-state index is -0.280. The average molecular weight is 335 g/mol. The number of hydrogen-bond donors (Lipinski definition) is 3. The number of rotatable bonds is 2. The first-order valence-electron chi connectivity index (χ1n) is 8.63. The molecule has 2 heterocycles. The van der Waals surface area contributed by atoms with Gasteiger partial charge in [0.15, 0.2) is 0 Å². The average Bonchev–Trinajstić information content (AvgIpc) is 2.95. The van der Waals surface area contributed by atoms with Crippen LogP contribution in [0.2, 0.25) is 0 Å². The van der Waals surface area contributed by atoms with E-state index in [0.717, 1.165) is 22.5 Å². The summed E-state index contributed by atoms with van der Waals surface area (Å²) < 4.78 is 0. The second kappa shape index (κ2) is 6.24. The van der Waals surface area contributed by atoms with Crippen LogP contribution in [0.15, 0.2) is 42.5 Å². The van der Waals surface area contributed by atoms with Crippen LogP contribution in [0.1, 0.15) is 23.1 Å². The van der Waals surface area contributed by atoms with E-state index in [9.17, 15) is 9.59 Å². The van der Waals surface area contributed by atoms with Crippen molar-refractivity contribution in [1.82, 2.24) is 5.32 Å². The van der Waals surface area contributed by atoms with Crippen molar-refractivity contribution in [1.29, 1.82) is 0 Å². The van der Waals surface area contributed by atoms with Gasteiger partial charge in [-0.2, -0.15) is 0 Å². The van der Waals surface area contributed by atoms with E-state index in [2.05, 4.69) is 22.0 Å². The molecule has 2 aliphatic rings. The zero-order valence-corrected chi connectivity index (χ0v) is 14.1. The summed E-state index contributed by atoms with van der Waals surface area (Å²) in [6.45, 7) is 2.04. The molecule has 0 saturated heterocycles. The monoisotopic (exact) mass is 335 g/mol. The van der Waals surface area contributed by atoms with Crippen molar-refractivity contribution in [3.63, 3.8) is 0 Å². The van der Waals surface area contributed by atoms with Crippen LogP contribution in [0.5, 0.6) is 0 Å². The molecular weight excluding hydrogens is 314 g/mol. The lowest BCUT2D eigenvalue weighted by atomic mass is 10.0. The fourth-order valence-electron chi connectivity index (χ4n) is 3.70. The molecule has 2 aromatic carbocycles. The minimum Gasteiger partial charge on any atom is -0.373 e. The van der Waals surface area contributed by atoms with Gasteiger partial charge in [0.1, 0.15) is 6.04 Å². The molecule has 3 N–H and O–H groups in total. The number of benzene rings is 2. The second-order valence-corrected chi connectivity index (χ2v) is 6.83. The predicted octanol–water partition coefficient (Wildman–Crippen LogP) is 2.40. The van der Waals surface area contributed by atoms with Crippen LogP contribution >= 0.6 is 0 Å². The molecule has 2 aromatic rings. The third kappa shape index (κ3) is 3.09. The molecule has 2 atom stereocenters. The Morgan fingerprint density at radius 2 is 1.84 bits per heavy atom. The molecule has 0 bridgehead atoms. The van der Waals surface area contributed by atoms with Crippen molar-refractivity contribution in [3.8, 4) is 0 Å². The number of nitrogens with one attached hydrogen (secondary N) is 3. The minimum absolute atomic E-state index is 0.0484. The van der Waals surface area contributed by atoms with Gasteiger partial charge in [-0.25, -0.2) is 0 Å². The molecule has 2 unspecified atom stereocenters. The van der Waals surface area contributed by atoms with Gasteiger partial charge in [-0.15, -0.1) is 0 Å². The SMILES string of the molecule is Cc1cccc2c1NC(C(=O)NC1CC(=O)Nc3ccccc3C1)C2. The van der Waals surface area contributed by atoms with E-state index in [4.69, 9.17) is 0 Å². The molecule has 0 aromatic heterocycles. The number of aryl methyl sites for hydroxylation is 1. The zero-order chi connectivity index (χ0) is 17.4. The van der Waals surface area contributed by atoms with Crippen LogP contribution in [-0.2, 0) is 22.4 Å². The number of carbonyl (C=O) groups is 2. The molecule has 0 aliphatic carbocycles. The third-order valence-electron chi connectivity index (χ3n) is 4.95. The smallest absolute Gasteiger partial charge is 0.243 e. The topological polar surface area (TPSA) is 70.2 Å². The van der Waals surface area contributed by atoms with Crippen molar-refractivity contribution in [3.05, 3.63) is 59.2 Å². The lowest BCUT2D eigenvalue weighted by Crippen LogP contribution is -2.45. The third-order valence-corrected chi connectivity index (χ3v) is 4.95. The fraction of sp³-hybridized carbons (Fsp3) is 0.300. The van der Waals surface area contributed by atoms with E-state index in [0.29, 0.717) is 19.3 Å². The summed E-state index contributed by atoms with van der Waals surface area (Å²) >= 11 is 0. The van der Waals surface area contributed by atoms with Gasteiger partial charge >= 0.3 is 0 Å². The Morgan fingerprint density at radius 3 is 2.68 bits per heavy atom. The van der Waals surface area contributed by atoms with Crippen LogP contribution < -0.4 is 16.0 Å². The summed E-state index contributed by atoms with van der Waals surface area (Å²) in [6, 6.07) is 13.4. The van der Waals surface area contributed by atoms with Crippen LogP contribution in [0.3, 0.4) is 0 Å². The normalized spacial score (nSPS) is 21.4. The van der Waals surface area contributed by atoms with Crippen LogP contribution in [0.4, 0.5) is 11.4 Å². The highest BCUT2D eigenvalue weighted by Crippen LogP contribution is 2.29. The van der Waals surface area contributed by atoms with Crippen LogP contribution in [-0.4, -0.2) is 23.9 Å². The van der Waals surface area contributed by atoms with Gasteiger partial charge in [-0.05, 0) is 36.1 Å². The molecular formula is C20H21N3O2. The first-order valence-corrected chi connectivity index (χ1v) is 8.63. The Kier molecular flexibility index (Phi) is 3.92.